The number of nitrogens with one attached hydrogen (secondary N) is 1. The molecule has 0 spiro atoms. The molecule has 2 fully saturated rings. The van der Waals surface area contributed by atoms with Gasteiger partial charge in [-0.2, -0.15) is 0 Å². The first-order chi connectivity index (χ1) is 16.8. The van der Waals surface area contributed by atoms with Crippen molar-refractivity contribution in [3.63, 3.8) is 0 Å². The highest BCUT2D eigenvalue weighted by molar-refractivity contribution is 5.88. The molecule has 2 heterocycles. The average molecular weight is 479 g/mol. The summed E-state index contributed by atoms with van der Waals surface area (Å²) < 4.78 is 11.3. The maximum absolute atomic E-state index is 13.2. The third-order valence-electron chi connectivity index (χ3n) is 7.55. The number of rotatable bonds is 5. The molecule has 0 aromatic heterocycles. The number of nitrogens with zero attached hydrogens (tertiary/aromatic N) is 1. The lowest BCUT2D eigenvalue weighted by Crippen LogP contribution is -2.54. The van der Waals surface area contributed by atoms with Crippen molar-refractivity contribution in [1.29, 1.82) is 0 Å². The Labute approximate surface area is 204 Å². The van der Waals surface area contributed by atoms with Crippen LogP contribution in [0.3, 0.4) is 0 Å². The second-order valence-corrected chi connectivity index (χ2v) is 10.2. The van der Waals surface area contributed by atoms with Gasteiger partial charge in [-0.05, 0) is 40.5 Å². The molecule has 5 rings (SSSR count). The van der Waals surface area contributed by atoms with Gasteiger partial charge in [0.15, 0.2) is 6.10 Å². The third kappa shape index (κ3) is 4.16. The van der Waals surface area contributed by atoms with Crippen molar-refractivity contribution in [2.45, 2.75) is 50.8 Å². The highest BCUT2D eigenvalue weighted by atomic mass is 16.6. The first-order valence-corrected chi connectivity index (χ1v) is 12.0. The van der Waals surface area contributed by atoms with Crippen LogP contribution < -0.4 is 5.32 Å². The van der Waals surface area contributed by atoms with Gasteiger partial charge in [0.25, 0.3) is 5.91 Å². The Morgan fingerprint density at radius 3 is 2.34 bits per heavy atom. The molecule has 1 aliphatic carbocycles. The zero-order chi connectivity index (χ0) is 24.7. The summed E-state index contributed by atoms with van der Waals surface area (Å²) in [6.45, 7) is 4.52. The standard InChI is InChI=1S/C27H30N2O6/c1-27(2)12-13-29(23(27)25(31)32)24(30)22-21(11-14-34-22)28-26(33)35-15-20-18-9-5-3-7-16(18)17-8-4-6-10-19(17)20/h3-10,20-23H,11-15H2,1-2H3,(H,28,33)(H,31,32)/t21-,22+,23?/m1/s1. The van der Waals surface area contributed by atoms with Crippen LogP contribution in [0.15, 0.2) is 48.5 Å². The van der Waals surface area contributed by atoms with E-state index >= 15 is 0 Å². The molecule has 0 radical (unpaired) electrons. The van der Waals surface area contributed by atoms with Gasteiger partial charge in [0.05, 0.1) is 6.04 Å². The Hall–Kier alpha value is -3.39. The molecular formula is C27H30N2O6. The SMILES string of the molecule is CC1(C)CCN(C(=O)[C@H]2OCC[C@H]2NC(=O)OCC2c3ccccc3-c3ccccc32)C1C(=O)O. The second kappa shape index (κ2) is 9.00. The van der Waals surface area contributed by atoms with Crippen LogP contribution in [0, 0.1) is 5.41 Å². The Morgan fingerprint density at radius 1 is 1.09 bits per heavy atom. The summed E-state index contributed by atoms with van der Waals surface area (Å²) >= 11 is 0. The average Bonchev–Trinajstić information content (AvgIpc) is 3.51. The van der Waals surface area contributed by atoms with Crippen LogP contribution in [0.4, 0.5) is 4.79 Å². The van der Waals surface area contributed by atoms with Crippen LogP contribution >= 0.6 is 0 Å². The molecule has 0 bridgehead atoms. The maximum atomic E-state index is 13.2. The van der Waals surface area contributed by atoms with E-state index in [1.165, 1.54) is 4.90 Å². The number of carbonyl (C=O) groups is 3. The summed E-state index contributed by atoms with van der Waals surface area (Å²) in [5, 5.41) is 12.5. The highest BCUT2D eigenvalue weighted by Crippen LogP contribution is 2.44. The number of fused-ring (bicyclic) bond motifs is 3. The number of carboxylic acid groups (broad SMARTS) is 1. The fraction of sp³-hybridized carbons (Fsp3) is 0.444. The van der Waals surface area contributed by atoms with E-state index in [-0.39, 0.29) is 12.5 Å². The number of carboxylic acids is 1. The first kappa shape index (κ1) is 23.4. The van der Waals surface area contributed by atoms with Gasteiger partial charge in [-0.15, -0.1) is 0 Å². The number of amides is 2. The van der Waals surface area contributed by atoms with E-state index in [1.807, 2.05) is 38.1 Å². The third-order valence-corrected chi connectivity index (χ3v) is 7.55. The number of ether oxygens (including phenoxy) is 2. The van der Waals surface area contributed by atoms with Crippen molar-refractivity contribution in [2.75, 3.05) is 19.8 Å². The number of likely N-dealkylation sites (tertiary alicyclic amines) is 1. The van der Waals surface area contributed by atoms with Crippen molar-refractivity contribution < 1.29 is 29.0 Å². The number of benzene rings is 2. The van der Waals surface area contributed by atoms with Gasteiger partial charge in [-0.3, -0.25) is 4.79 Å². The lowest BCUT2D eigenvalue weighted by Gasteiger charge is -2.31. The zero-order valence-electron chi connectivity index (χ0n) is 19.9. The minimum absolute atomic E-state index is 0.0615. The number of carbonyl (C=O) groups excluding carboxylic acids is 2. The molecule has 35 heavy (non-hydrogen) atoms. The van der Waals surface area contributed by atoms with Crippen LogP contribution in [0.25, 0.3) is 11.1 Å². The van der Waals surface area contributed by atoms with Crippen molar-refractivity contribution in [1.82, 2.24) is 10.2 Å². The Morgan fingerprint density at radius 2 is 1.71 bits per heavy atom. The van der Waals surface area contributed by atoms with Crippen molar-refractivity contribution in [2.24, 2.45) is 5.41 Å². The fourth-order valence-electron chi connectivity index (χ4n) is 5.74. The van der Waals surface area contributed by atoms with Gasteiger partial charge in [-0.25, -0.2) is 9.59 Å². The van der Waals surface area contributed by atoms with E-state index in [2.05, 4.69) is 29.6 Å². The molecule has 3 atom stereocenters. The summed E-state index contributed by atoms with van der Waals surface area (Å²) in [6.07, 6.45) is -0.495. The van der Waals surface area contributed by atoms with Crippen molar-refractivity contribution >= 4 is 18.0 Å². The summed E-state index contributed by atoms with van der Waals surface area (Å²) in [5.41, 5.74) is 4.00. The smallest absolute Gasteiger partial charge is 0.407 e. The van der Waals surface area contributed by atoms with Gasteiger partial charge in [0.1, 0.15) is 12.6 Å². The number of alkyl carbamates (subject to hydrolysis) is 1. The van der Waals surface area contributed by atoms with Crippen LogP contribution in [-0.2, 0) is 19.1 Å². The number of aliphatic carboxylic acids is 1. The van der Waals surface area contributed by atoms with Crippen molar-refractivity contribution in [3.05, 3.63) is 59.7 Å². The molecule has 0 saturated carbocycles. The number of hydrogen-bond donors (Lipinski definition) is 2. The lowest BCUT2D eigenvalue weighted by molar-refractivity contribution is -0.155. The molecule has 3 aliphatic rings. The molecule has 2 N–H and O–H groups in total. The van der Waals surface area contributed by atoms with E-state index in [9.17, 15) is 19.5 Å². The van der Waals surface area contributed by atoms with Crippen LogP contribution in [-0.4, -0.2) is 65.9 Å². The fourth-order valence-corrected chi connectivity index (χ4v) is 5.74. The zero-order valence-corrected chi connectivity index (χ0v) is 19.9. The van der Waals surface area contributed by atoms with E-state index < -0.39 is 41.6 Å². The summed E-state index contributed by atoms with van der Waals surface area (Å²) in [5.74, 6) is -1.49. The molecule has 184 valence electrons. The molecule has 2 saturated heterocycles. The Bertz CT molecular complexity index is 1120. The Balaban J connectivity index is 1.24. The van der Waals surface area contributed by atoms with Crippen molar-refractivity contribution in [3.8, 4) is 11.1 Å². The largest absolute Gasteiger partial charge is 0.480 e. The summed E-state index contributed by atoms with van der Waals surface area (Å²) in [4.78, 5) is 39.2. The summed E-state index contributed by atoms with van der Waals surface area (Å²) in [6, 6.07) is 14.7. The van der Waals surface area contributed by atoms with Gasteiger partial charge in [-0.1, -0.05) is 62.4 Å². The molecule has 2 aromatic rings. The molecule has 2 aliphatic heterocycles. The van der Waals surface area contributed by atoms with E-state index in [0.717, 1.165) is 22.3 Å². The van der Waals surface area contributed by atoms with Gasteiger partial charge in [0, 0.05) is 19.1 Å². The molecule has 2 amide bonds. The molecule has 1 unspecified atom stereocenters. The monoisotopic (exact) mass is 478 g/mol. The lowest BCUT2D eigenvalue weighted by atomic mass is 9.85. The first-order valence-electron chi connectivity index (χ1n) is 12.0. The van der Waals surface area contributed by atoms with Crippen LogP contribution in [0.1, 0.15) is 43.7 Å². The minimum atomic E-state index is -1.03. The topological polar surface area (TPSA) is 105 Å². The second-order valence-electron chi connectivity index (χ2n) is 10.2. The van der Waals surface area contributed by atoms with E-state index in [0.29, 0.717) is 26.0 Å². The predicted molar refractivity (Wildman–Crippen MR) is 128 cm³/mol. The molecule has 2 aromatic carbocycles. The van der Waals surface area contributed by atoms with Crippen LogP contribution in [0.2, 0.25) is 0 Å². The normalized spacial score (nSPS) is 24.6. The number of hydrogen-bond acceptors (Lipinski definition) is 5. The molecule has 8 nitrogen and oxygen atoms in total. The summed E-state index contributed by atoms with van der Waals surface area (Å²) in [7, 11) is 0. The van der Waals surface area contributed by atoms with Gasteiger partial charge >= 0.3 is 12.1 Å². The van der Waals surface area contributed by atoms with Crippen LogP contribution in [0.5, 0.6) is 0 Å². The quantitative estimate of drug-likeness (QED) is 0.683. The van der Waals surface area contributed by atoms with Gasteiger partial charge in [0.2, 0.25) is 0 Å². The van der Waals surface area contributed by atoms with Gasteiger partial charge < -0.3 is 24.8 Å². The maximum Gasteiger partial charge on any atom is 0.407 e. The highest BCUT2D eigenvalue weighted by Gasteiger charge is 2.50. The Kier molecular flexibility index (Phi) is 6.01. The molecular weight excluding hydrogens is 448 g/mol. The van der Waals surface area contributed by atoms with E-state index in [1.54, 1.807) is 0 Å². The minimum Gasteiger partial charge on any atom is -0.480 e. The molecule has 8 heteroatoms. The van der Waals surface area contributed by atoms with E-state index in [4.69, 9.17) is 9.47 Å². The predicted octanol–water partition coefficient (Wildman–Crippen LogP) is 3.39.